The Morgan fingerprint density at radius 2 is 1.71 bits per heavy atom. The minimum absolute atomic E-state index is 0.0949. The van der Waals surface area contributed by atoms with Crippen LogP contribution >= 0.6 is 11.3 Å². The quantitative estimate of drug-likeness (QED) is 0.399. The maximum absolute atomic E-state index is 11.7. The molecule has 2 N–H and O–H groups in total. The van der Waals surface area contributed by atoms with Crippen molar-refractivity contribution in [2.75, 3.05) is 17.5 Å². The largest absolute Gasteiger partial charge is 0.490 e. The SMILES string of the molecule is O=C(O)c1ccccc1OCCOc1ccc(N(c2cccs2)S(=O)O)cc1. The fourth-order valence-electron chi connectivity index (χ4n) is 2.44. The van der Waals surface area contributed by atoms with E-state index in [0.29, 0.717) is 16.4 Å². The number of para-hydroxylation sites is 1. The van der Waals surface area contributed by atoms with E-state index in [9.17, 15) is 13.6 Å². The lowest BCUT2D eigenvalue weighted by atomic mass is 10.2. The molecule has 3 aromatic rings. The molecule has 3 rings (SSSR count). The van der Waals surface area contributed by atoms with Crippen LogP contribution in [-0.2, 0) is 11.3 Å². The van der Waals surface area contributed by atoms with Gasteiger partial charge in [-0.3, -0.25) is 4.55 Å². The number of nitrogens with zero attached hydrogens (tertiary/aromatic N) is 1. The molecule has 146 valence electrons. The standard InChI is InChI=1S/C19H17NO6S2/c21-19(22)16-4-1-2-5-17(16)26-12-11-25-15-9-7-14(8-10-15)20(28(23)24)18-6-3-13-27-18/h1-10,13H,11-12H2,(H,21,22)(H,23,24). The zero-order chi connectivity index (χ0) is 19.9. The average Bonchev–Trinajstić information content (AvgIpc) is 3.20. The topological polar surface area (TPSA) is 96.3 Å². The Balaban J connectivity index is 1.57. The van der Waals surface area contributed by atoms with Gasteiger partial charge in [-0.2, -0.15) is 0 Å². The molecule has 0 amide bonds. The number of thiophene rings is 1. The first-order valence-corrected chi connectivity index (χ1v) is 10.1. The minimum atomic E-state index is -2.19. The highest BCUT2D eigenvalue weighted by molar-refractivity contribution is 7.81. The molecule has 0 spiro atoms. The molecule has 0 fully saturated rings. The van der Waals surface area contributed by atoms with E-state index in [2.05, 4.69) is 0 Å². The third-order valence-electron chi connectivity index (χ3n) is 3.66. The molecule has 1 heterocycles. The van der Waals surface area contributed by atoms with Gasteiger partial charge in [-0.05, 0) is 53.9 Å². The second kappa shape index (κ2) is 9.36. The molecule has 0 saturated carbocycles. The smallest absolute Gasteiger partial charge is 0.339 e. The number of anilines is 2. The zero-order valence-electron chi connectivity index (χ0n) is 14.6. The molecule has 7 nitrogen and oxygen atoms in total. The third-order valence-corrected chi connectivity index (χ3v) is 5.35. The van der Waals surface area contributed by atoms with Crippen LogP contribution in [0.25, 0.3) is 0 Å². The second-order valence-corrected chi connectivity index (χ2v) is 7.22. The van der Waals surface area contributed by atoms with Crippen molar-refractivity contribution in [1.82, 2.24) is 0 Å². The molecule has 0 bridgehead atoms. The van der Waals surface area contributed by atoms with E-state index < -0.39 is 17.2 Å². The summed E-state index contributed by atoms with van der Waals surface area (Å²) < 4.78 is 33.6. The number of hydrogen-bond donors (Lipinski definition) is 2. The van der Waals surface area contributed by atoms with Gasteiger partial charge in [0.2, 0.25) is 0 Å². The highest BCUT2D eigenvalue weighted by atomic mass is 32.2. The molecular weight excluding hydrogens is 402 g/mol. The predicted octanol–water partition coefficient (Wildman–Crippen LogP) is 4.18. The lowest BCUT2D eigenvalue weighted by Crippen LogP contribution is -2.18. The summed E-state index contributed by atoms with van der Waals surface area (Å²) in [6.07, 6.45) is 0. The number of aromatic carboxylic acids is 1. The normalized spacial score (nSPS) is 11.6. The molecule has 9 heteroatoms. The van der Waals surface area contributed by atoms with Crippen molar-refractivity contribution in [1.29, 1.82) is 0 Å². The van der Waals surface area contributed by atoms with Crippen LogP contribution in [0.3, 0.4) is 0 Å². The Morgan fingerprint density at radius 1 is 1.00 bits per heavy atom. The van der Waals surface area contributed by atoms with E-state index >= 15 is 0 Å². The van der Waals surface area contributed by atoms with Crippen molar-refractivity contribution in [3.05, 3.63) is 71.6 Å². The molecular formula is C19H17NO6S2. The number of carbonyl (C=O) groups is 1. The average molecular weight is 419 g/mol. The maximum atomic E-state index is 11.7. The Bertz CT molecular complexity index is 943. The first kappa shape index (κ1) is 19.9. The summed E-state index contributed by atoms with van der Waals surface area (Å²) in [6, 6.07) is 16.7. The van der Waals surface area contributed by atoms with Gasteiger partial charge in [0.25, 0.3) is 11.3 Å². The molecule has 1 aromatic heterocycles. The van der Waals surface area contributed by atoms with Crippen molar-refractivity contribution < 1.29 is 28.1 Å². The summed E-state index contributed by atoms with van der Waals surface area (Å²) in [5.74, 6) is -0.205. The van der Waals surface area contributed by atoms with E-state index in [1.807, 2.05) is 5.38 Å². The zero-order valence-corrected chi connectivity index (χ0v) is 16.2. The molecule has 0 radical (unpaired) electrons. The summed E-state index contributed by atoms with van der Waals surface area (Å²) >= 11 is -0.830. The number of carboxylic acids is 1. The van der Waals surface area contributed by atoms with Gasteiger partial charge in [0.1, 0.15) is 35.3 Å². The van der Waals surface area contributed by atoms with Gasteiger partial charge in [0.05, 0.1) is 5.69 Å². The highest BCUT2D eigenvalue weighted by Gasteiger charge is 2.16. The van der Waals surface area contributed by atoms with Gasteiger partial charge in [-0.1, -0.05) is 12.1 Å². The van der Waals surface area contributed by atoms with Crippen LogP contribution in [0, 0.1) is 0 Å². The maximum Gasteiger partial charge on any atom is 0.339 e. The molecule has 0 aliphatic rings. The van der Waals surface area contributed by atoms with Gasteiger partial charge in [0, 0.05) is 0 Å². The van der Waals surface area contributed by atoms with Crippen molar-refractivity contribution in [2.24, 2.45) is 0 Å². The minimum Gasteiger partial charge on any atom is -0.490 e. The van der Waals surface area contributed by atoms with Crippen molar-refractivity contribution in [3.63, 3.8) is 0 Å². The van der Waals surface area contributed by atoms with E-state index in [-0.39, 0.29) is 24.5 Å². The monoisotopic (exact) mass is 419 g/mol. The predicted molar refractivity (Wildman–Crippen MR) is 108 cm³/mol. The molecule has 1 atom stereocenters. The highest BCUT2D eigenvalue weighted by Crippen LogP contribution is 2.31. The van der Waals surface area contributed by atoms with Gasteiger partial charge in [0.15, 0.2) is 0 Å². The van der Waals surface area contributed by atoms with Gasteiger partial charge >= 0.3 is 5.97 Å². The Morgan fingerprint density at radius 3 is 2.36 bits per heavy atom. The molecule has 0 aliphatic heterocycles. The number of carboxylic acid groups (broad SMARTS) is 1. The van der Waals surface area contributed by atoms with Crippen LogP contribution in [0.1, 0.15) is 10.4 Å². The Labute approximate surface area is 168 Å². The molecule has 2 aromatic carbocycles. The number of ether oxygens (including phenoxy) is 2. The van der Waals surface area contributed by atoms with Crippen LogP contribution in [0.5, 0.6) is 11.5 Å². The molecule has 0 saturated heterocycles. The summed E-state index contributed by atoms with van der Waals surface area (Å²) in [6.45, 7) is 0.391. The Hall–Kier alpha value is -2.88. The van der Waals surface area contributed by atoms with Gasteiger partial charge < -0.3 is 14.6 Å². The Kier molecular flexibility index (Phi) is 6.64. The van der Waals surface area contributed by atoms with Gasteiger partial charge in [-0.25, -0.2) is 13.3 Å². The van der Waals surface area contributed by atoms with Crippen LogP contribution in [0.4, 0.5) is 10.7 Å². The number of rotatable bonds is 9. The molecule has 28 heavy (non-hydrogen) atoms. The molecule has 0 aliphatic carbocycles. The van der Waals surface area contributed by atoms with Crippen LogP contribution < -0.4 is 13.8 Å². The molecule has 1 unspecified atom stereocenters. The van der Waals surface area contributed by atoms with E-state index in [4.69, 9.17) is 14.6 Å². The van der Waals surface area contributed by atoms with E-state index in [1.165, 1.54) is 21.7 Å². The van der Waals surface area contributed by atoms with E-state index in [0.717, 1.165) is 0 Å². The van der Waals surface area contributed by atoms with Crippen molar-refractivity contribution >= 4 is 39.3 Å². The summed E-state index contributed by atoms with van der Waals surface area (Å²) in [5, 5.41) is 11.6. The van der Waals surface area contributed by atoms with Gasteiger partial charge in [-0.15, -0.1) is 11.3 Å². The second-order valence-electron chi connectivity index (χ2n) is 5.47. The summed E-state index contributed by atoms with van der Waals surface area (Å²) in [5.41, 5.74) is 0.653. The fourth-order valence-corrected chi connectivity index (χ4v) is 3.93. The number of benzene rings is 2. The third kappa shape index (κ3) is 4.89. The summed E-state index contributed by atoms with van der Waals surface area (Å²) in [7, 11) is 0. The lowest BCUT2D eigenvalue weighted by Gasteiger charge is -2.18. The van der Waals surface area contributed by atoms with Crippen molar-refractivity contribution in [3.8, 4) is 11.5 Å². The van der Waals surface area contributed by atoms with Crippen LogP contribution in [0.2, 0.25) is 0 Å². The first-order chi connectivity index (χ1) is 13.6. The van der Waals surface area contributed by atoms with Crippen molar-refractivity contribution in [2.45, 2.75) is 0 Å². The first-order valence-electron chi connectivity index (χ1n) is 8.19. The van der Waals surface area contributed by atoms with Crippen LogP contribution in [0.15, 0.2) is 66.0 Å². The fraction of sp³-hybridized carbons (Fsp3) is 0.105. The van der Waals surface area contributed by atoms with E-state index in [1.54, 1.807) is 54.6 Å². The number of hydrogen-bond acceptors (Lipinski definition) is 5. The summed E-state index contributed by atoms with van der Waals surface area (Å²) in [4.78, 5) is 11.1. The van der Waals surface area contributed by atoms with Crippen LogP contribution in [-0.4, -0.2) is 33.1 Å². The lowest BCUT2D eigenvalue weighted by molar-refractivity contribution is 0.0691.